The lowest BCUT2D eigenvalue weighted by Gasteiger charge is -2.28. The molecule has 3 nitrogen and oxygen atoms in total. The number of fused-ring (bicyclic) bond motifs is 1. The summed E-state index contributed by atoms with van der Waals surface area (Å²) in [5.41, 5.74) is 4.58. The highest BCUT2D eigenvalue weighted by Crippen LogP contribution is 2.29. The van der Waals surface area contributed by atoms with E-state index in [4.69, 9.17) is 11.6 Å². The van der Waals surface area contributed by atoms with Gasteiger partial charge in [0.2, 0.25) is 5.91 Å². The van der Waals surface area contributed by atoms with Gasteiger partial charge in [-0.05, 0) is 29.7 Å². The molecule has 0 unspecified atom stereocenters. The Labute approximate surface area is 166 Å². The molecule has 6 heteroatoms. The van der Waals surface area contributed by atoms with Gasteiger partial charge in [-0.25, -0.2) is 4.98 Å². The Morgan fingerprint density at radius 1 is 1.15 bits per heavy atom. The lowest BCUT2D eigenvalue weighted by molar-refractivity contribution is -0.129. The first-order valence-electron chi connectivity index (χ1n) is 8.38. The van der Waals surface area contributed by atoms with Gasteiger partial charge in [0.05, 0.1) is 11.4 Å². The average molecular weight is 401 g/mol. The SMILES string of the molecule is O=C(CSc1nc(-c2ccc(Cl)cc2)cs1)N1CCc2ccccc2C1. The van der Waals surface area contributed by atoms with E-state index >= 15 is 0 Å². The predicted molar refractivity (Wildman–Crippen MR) is 109 cm³/mol. The summed E-state index contributed by atoms with van der Waals surface area (Å²) < 4.78 is 0.917. The Morgan fingerprint density at radius 2 is 1.92 bits per heavy atom. The zero-order valence-corrected chi connectivity index (χ0v) is 16.4. The Kier molecular flexibility index (Phi) is 5.29. The fourth-order valence-electron chi connectivity index (χ4n) is 3.00. The molecule has 1 amide bonds. The van der Waals surface area contributed by atoms with Crippen molar-refractivity contribution in [2.24, 2.45) is 0 Å². The largest absolute Gasteiger partial charge is 0.337 e. The van der Waals surface area contributed by atoms with Gasteiger partial charge in [0, 0.05) is 29.1 Å². The summed E-state index contributed by atoms with van der Waals surface area (Å²) in [4.78, 5) is 19.1. The topological polar surface area (TPSA) is 33.2 Å². The molecule has 0 radical (unpaired) electrons. The molecule has 1 aromatic heterocycles. The number of thiazole rings is 1. The van der Waals surface area contributed by atoms with Crippen molar-refractivity contribution in [1.29, 1.82) is 0 Å². The van der Waals surface area contributed by atoms with E-state index in [1.54, 1.807) is 11.3 Å². The number of rotatable bonds is 4. The Balaban J connectivity index is 1.36. The summed E-state index contributed by atoms with van der Waals surface area (Å²) >= 11 is 9.02. The minimum atomic E-state index is 0.174. The van der Waals surface area contributed by atoms with Gasteiger partial charge in [0.25, 0.3) is 0 Å². The number of aromatic nitrogens is 1. The van der Waals surface area contributed by atoms with E-state index in [9.17, 15) is 4.79 Å². The van der Waals surface area contributed by atoms with Crippen LogP contribution < -0.4 is 0 Å². The lowest BCUT2D eigenvalue weighted by atomic mass is 10.00. The van der Waals surface area contributed by atoms with Gasteiger partial charge >= 0.3 is 0 Å². The Morgan fingerprint density at radius 3 is 2.73 bits per heavy atom. The second-order valence-corrected chi connectivity index (χ2v) is 8.65. The molecule has 1 aliphatic heterocycles. The van der Waals surface area contributed by atoms with Gasteiger partial charge in [0.15, 0.2) is 4.34 Å². The van der Waals surface area contributed by atoms with Crippen LogP contribution >= 0.6 is 34.7 Å². The summed E-state index contributed by atoms with van der Waals surface area (Å²) in [7, 11) is 0. The number of hydrogen-bond donors (Lipinski definition) is 0. The fourth-order valence-corrected chi connectivity index (χ4v) is 4.86. The van der Waals surface area contributed by atoms with Gasteiger partial charge in [0.1, 0.15) is 0 Å². The van der Waals surface area contributed by atoms with E-state index < -0.39 is 0 Å². The number of carbonyl (C=O) groups is 1. The summed E-state index contributed by atoms with van der Waals surface area (Å²) in [6.07, 6.45) is 0.935. The summed E-state index contributed by atoms with van der Waals surface area (Å²) in [6.45, 7) is 1.51. The Bertz CT molecular complexity index is 924. The highest BCUT2D eigenvalue weighted by Gasteiger charge is 2.20. The van der Waals surface area contributed by atoms with E-state index in [2.05, 4.69) is 23.2 Å². The smallest absolute Gasteiger partial charge is 0.233 e. The van der Waals surface area contributed by atoms with Crippen LogP contribution in [0.2, 0.25) is 5.02 Å². The fraction of sp³-hybridized carbons (Fsp3) is 0.200. The highest BCUT2D eigenvalue weighted by molar-refractivity contribution is 8.01. The molecule has 0 saturated heterocycles. The predicted octanol–water partition coefficient (Wildman–Crippen LogP) is 5.14. The van der Waals surface area contributed by atoms with Gasteiger partial charge in [-0.3, -0.25) is 4.79 Å². The van der Waals surface area contributed by atoms with Crippen LogP contribution in [0.3, 0.4) is 0 Å². The van der Waals surface area contributed by atoms with Crippen molar-refractivity contribution in [1.82, 2.24) is 9.88 Å². The van der Waals surface area contributed by atoms with Crippen molar-refractivity contribution < 1.29 is 4.79 Å². The van der Waals surface area contributed by atoms with E-state index in [-0.39, 0.29) is 5.91 Å². The van der Waals surface area contributed by atoms with Gasteiger partial charge in [-0.15, -0.1) is 11.3 Å². The first-order chi connectivity index (χ1) is 12.7. The average Bonchev–Trinajstić information content (AvgIpc) is 3.15. The van der Waals surface area contributed by atoms with Gasteiger partial charge in [-0.1, -0.05) is 59.8 Å². The number of thioether (sulfide) groups is 1. The number of halogens is 1. The number of nitrogens with zero attached hydrogens (tertiary/aromatic N) is 2. The highest BCUT2D eigenvalue weighted by atomic mass is 35.5. The van der Waals surface area contributed by atoms with Crippen LogP contribution in [0.15, 0.2) is 58.3 Å². The molecular weight excluding hydrogens is 384 g/mol. The molecule has 0 spiro atoms. The molecule has 0 N–H and O–H groups in total. The zero-order chi connectivity index (χ0) is 17.9. The summed E-state index contributed by atoms with van der Waals surface area (Å²) in [5.74, 6) is 0.600. The molecule has 0 saturated carbocycles. The summed E-state index contributed by atoms with van der Waals surface area (Å²) in [6, 6.07) is 16.0. The van der Waals surface area contributed by atoms with E-state index in [1.807, 2.05) is 40.6 Å². The molecule has 0 aliphatic carbocycles. The first kappa shape index (κ1) is 17.6. The van der Waals surface area contributed by atoms with Crippen LogP contribution in [0.5, 0.6) is 0 Å². The minimum Gasteiger partial charge on any atom is -0.337 e. The van der Waals surface area contributed by atoms with E-state index in [1.165, 1.54) is 22.9 Å². The van der Waals surface area contributed by atoms with Crippen molar-refractivity contribution in [2.45, 2.75) is 17.3 Å². The number of carbonyl (C=O) groups excluding carboxylic acids is 1. The molecule has 4 rings (SSSR count). The Hall–Kier alpha value is -1.82. The molecule has 0 bridgehead atoms. The van der Waals surface area contributed by atoms with Gasteiger partial charge in [-0.2, -0.15) is 0 Å². The maximum absolute atomic E-state index is 12.6. The molecule has 1 aliphatic rings. The van der Waals surface area contributed by atoms with Crippen molar-refractivity contribution in [2.75, 3.05) is 12.3 Å². The van der Waals surface area contributed by atoms with Crippen LogP contribution in [0, 0.1) is 0 Å². The van der Waals surface area contributed by atoms with Crippen molar-refractivity contribution in [3.8, 4) is 11.3 Å². The molecule has 2 heterocycles. The van der Waals surface area contributed by atoms with Crippen LogP contribution in [0.1, 0.15) is 11.1 Å². The molecule has 132 valence electrons. The third kappa shape index (κ3) is 3.95. The van der Waals surface area contributed by atoms with Crippen molar-refractivity contribution >= 4 is 40.6 Å². The number of amides is 1. The molecule has 26 heavy (non-hydrogen) atoms. The van der Waals surface area contributed by atoms with Crippen LogP contribution in [-0.4, -0.2) is 28.1 Å². The van der Waals surface area contributed by atoms with Gasteiger partial charge < -0.3 is 4.90 Å². The molecule has 2 aromatic carbocycles. The quantitative estimate of drug-likeness (QED) is 0.568. The summed E-state index contributed by atoms with van der Waals surface area (Å²) in [5, 5.41) is 2.74. The third-order valence-corrected chi connectivity index (χ3v) is 6.68. The lowest BCUT2D eigenvalue weighted by Crippen LogP contribution is -2.37. The standard InChI is InChI=1S/C20H17ClN2OS2/c21-17-7-5-15(6-8-17)18-12-25-20(22-18)26-13-19(24)23-10-9-14-3-1-2-4-16(14)11-23/h1-8,12H,9-11,13H2. The number of hydrogen-bond acceptors (Lipinski definition) is 4. The molecule has 0 atom stereocenters. The van der Waals surface area contributed by atoms with Crippen LogP contribution in [0.25, 0.3) is 11.3 Å². The maximum atomic E-state index is 12.6. The third-order valence-electron chi connectivity index (χ3n) is 4.43. The normalized spacial score (nSPS) is 13.5. The zero-order valence-electron chi connectivity index (χ0n) is 14.0. The second kappa shape index (κ2) is 7.82. The van der Waals surface area contributed by atoms with Crippen LogP contribution in [-0.2, 0) is 17.8 Å². The minimum absolute atomic E-state index is 0.174. The molecule has 3 aromatic rings. The first-order valence-corrected chi connectivity index (χ1v) is 10.6. The molecule has 0 fully saturated rings. The van der Waals surface area contributed by atoms with Crippen molar-refractivity contribution in [3.05, 3.63) is 70.1 Å². The van der Waals surface area contributed by atoms with Crippen molar-refractivity contribution in [3.63, 3.8) is 0 Å². The van der Waals surface area contributed by atoms with E-state index in [0.717, 1.165) is 28.6 Å². The van der Waals surface area contributed by atoms with E-state index in [0.29, 0.717) is 17.3 Å². The molecular formula is C20H17ClN2OS2. The maximum Gasteiger partial charge on any atom is 0.233 e. The monoisotopic (exact) mass is 400 g/mol. The van der Waals surface area contributed by atoms with Crippen LogP contribution in [0.4, 0.5) is 0 Å². The second-order valence-electron chi connectivity index (χ2n) is 6.13. The number of benzene rings is 2.